The van der Waals surface area contributed by atoms with Crippen molar-refractivity contribution in [3.05, 3.63) is 63.9 Å². The molecule has 3 rings (SSSR count). The van der Waals surface area contributed by atoms with Gasteiger partial charge in [-0.05, 0) is 44.0 Å². The van der Waals surface area contributed by atoms with E-state index in [1.54, 1.807) is 25.1 Å². The molecule has 0 bridgehead atoms. The van der Waals surface area contributed by atoms with Crippen molar-refractivity contribution in [2.75, 3.05) is 24.9 Å². The molecule has 2 aromatic carbocycles. The second kappa shape index (κ2) is 13.1. The maximum atomic E-state index is 14.7. The third-order valence-corrected chi connectivity index (χ3v) is 9.16. The van der Waals surface area contributed by atoms with Crippen molar-refractivity contribution in [3.8, 4) is 0 Å². The second-order valence-electron chi connectivity index (χ2n) is 9.49. The van der Waals surface area contributed by atoms with E-state index in [4.69, 9.17) is 23.2 Å². The molecule has 0 spiro atoms. The number of benzene rings is 2. The summed E-state index contributed by atoms with van der Waals surface area (Å²) in [7, 11) is -1.70. The molecule has 1 aliphatic rings. The quantitative estimate of drug-likeness (QED) is 0.440. The molecule has 1 saturated carbocycles. The first kappa shape index (κ1) is 30.1. The van der Waals surface area contributed by atoms with Crippen molar-refractivity contribution in [2.45, 2.75) is 57.7 Å². The van der Waals surface area contributed by atoms with Gasteiger partial charge in [0.1, 0.15) is 18.4 Å². The van der Waals surface area contributed by atoms with Crippen molar-refractivity contribution >= 4 is 50.9 Å². The molecule has 1 fully saturated rings. The Morgan fingerprint density at radius 2 is 1.63 bits per heavy atom. The first-order valence-electron chi connectivity index (χ1n) is 12.4. The van der Waals surface area contributed by atoms with Crippen LogP contribution in [-0.4, -0.2) is 62.2 Å². The zero-order chi connectivity index (χ0) is 28.0. The van der Waals surface area contributed by atoms with E-state index in [-0.39, 0.29) is 24.2 Å². The highest BCUT2D eigenvalue weighted by atomic mass is 35.5. The maximum absolute atomic E-state index is 14.7. The SMILES string of the molecule is C[C@@H](C(=O)NC1CCCCC1)N(Cc1c(Cl)cccc1Cl)C(=O)CN(c1ccccc1F)S(=O)(=O)N(C)C. The Bertz CT molecular complexity index is 1240. The van der Waals surface area contributed by atoms with Gasteiger partial charge in [0.05, 0.1) is 5.69 Å². The minimum Gasteiger partial charge on any atom is -0.352 e. The fourth-order valence-electron chi connectivity index (χ4n) is 4.36. The average Bonchev–Trinajstić information content (AvgIpc) is 2.87. The summed E-state index contributed by atoms with van der Waals surface area (Å²) in [6.45, 7) is 0.670. The second-order valence-corrected chi connectivity index (χ2v) is 12.4. The number of carbonyl (C=O) groups is 2. The molecule has 2 aromatic rings. The lowest BCUT2D eigenvalue weighted by Crippen LogP contribution is -2.54. The Labute approximate surface area is 233 Å². The van der Waals surface area contributed by atoms with E-state index in [1.165, 1.54) is 37.2 Å². The highest BCUT2D eigenvalue weighted by Gasteiger charge is 2.34. The van der Waals surface area contributed by atoms with Crippen molar-refractivity contribution in [1.82, 2.24) is 14.5 Å². The van der Waals surface area contributed by atoms with Gasteiger partial charge in [-0.15, -0.1) is 0 Å². The van der Waals surface area contributed by atoms with Gasteiger partial charge < -0.3 is 10.2 Å². The number of halogens is 3. The summed E-state index contributed by atoms with van der Waals surface area (Å²) >= 11 is 12.7. The van der Waals surface area contributed by atoms with Crippen molar-refractivity contribution < 1.29 is 22.4 Å². The number of carbonyl (C=O) groups excluding carboxylic acids is 2. The molecule has 0 radical (unpaired) electrons. The fourth-order valence-corrected chi connectivity index (χ4v) is 5.94. The number of nitrogens with zero attached hydrogens (tertiary/aromatic N) is 3. The van der Waals surface area contributed by atoms with Gasteiger partial charge >= 0.3 is 10.2 Å². The molecule has 38 heavy (non-hydrogen) atoms. The maximum Gasteiger partial charge on any atom is 0.304 e. The largest absolute Gasteiger partial charge is 0.352 e. The lowest BCUT2D eigenvalue weighted by atomic mass is 9.95. The smallest absolute Gasteiger partial charge is 0.304 e. The van der Waals surface area contributed by atoms with Crippen molar-refractivity contribution in [3.63, 3.8) is 0 Å². The predicted molar refractivity (Wildman–Crippen MR) is 148 cm³/mol. The van der Waals surface area contributed by atoms with E-state index in [0.29, 0.717) is 19.9 Å². The predicted octanol–water partition coefficient (Wildman–Crippen LogP) is 4.61. The van der Waals surface area contributed by atoms with Gasteiger partial charge in [0, 0.05) is 42.3 Å². The standard InChI is InChI=1S/C26H33Cl2FN4O4S/c1-18(26(35)30-19-10-5-4-6-11-19)32(16-20-21(27)12-9-13-22(20)28)25(34)17-33(38(36,37)31(2)3)24-15-8-7-14-23(24)29/h7-9,12-15,18-19H,4-6,10-11,16-17H2,1-3H3,(H,30,35)/t18-/m0/s1. The third kappa shape index (κ3) is 7.16. The molecule has 0 aromatic heterocycles. The van der Waals surface area contributed by atoms with Crippen LogP contribution < -0.4 is 9.62 Å². The van der Waals surface area contributed by atoms with E-state index in [9.17, 15) is 22.4 Å². The summed E-state index contributed by atoms with van der Waals surface area (Å²) in [5.74, 6) is -1.91. The molecule has 208 valence electrons. The minimum atomic E-state index is -4.27. The molecule has 0 saturated heterocycles. The number of para-hydroxylation sites is 1. The van der Waals surface area contributed by atoms with Crippen LogP contribution in [0.2, 0.25) is 10.0 Å². The molecule has 2 amide bonds. The van der Waals surface area contributed by atoms with Crippen LogP contribution in [0, 0.1) is 5.82 Å². The van der Waals surface area contributed by atoms with Crippen molar-refractivity contribution in [2.24, 2.45) is 0 Å². The average molecular weight is 588 g/mol. The molecular formula is C26H33Cl2FN4O4S. The molecule has 12 heteroatoms. The van der Waals surface area contributed by atoms with E-state index in [0.717, 1.165) is 42.5 Å². The molecule has 1 aliphatic carbocycles. The zero-order valence-corrected chi connectivity index (χ0v) is 24.0. The van der Waals surface area contributed by atoms with Crippen LogP contribution >= 0.6 is 23.2 Å². The Kier molecular flexibility index (Phi) is 10.4. The van der Waals surface area contributed by atoms with Crippen LogP contribution in [0.4, 0.5) is 10.1 Å². The summed E-state index contributed by atoms with van der Waals surface area (Å²) in [4.78, 5) is 28.3. The number of nitrogens with one attached hydrogen (secondary N) is 1. The normalized spacial score (nSPS) is 15.2. The van der Waals surface area contributed by atoms with Crippen LogP contribution in [-0.2, 0) is 26.3 Å². The highest BCUT2D eigenvalue weighted by Crippen LogP contribution is 2.28. The van der Waals surface area contributed by atoms with E-state index in [2.05, 4.69) is 5.32 Å². The Morgan fingerprint density at radius 3 is 2.21 bits per heavy atom. The summed E-state index contributed by atoms with van der Waals surface area (Å²) in [6, 6.07) is 9.18. The van der Waals surface area contributed by atoms with Crippen molar-refractivity contribution in [1.29, 1.82) is 0 Å². The molecule has 0 heterocycles. The summed E-state index contributed by atoms with van der Waals surface area (Å²) in [5.41, 5.74) is 0.124. The van der Waals surface area contributed by atoms with E-state index in [1.807, 2.05) is 0 Å². The van der Waals surface area contributed by atoms with Gasteiger partial charge in [0.15, 0.2) is 0 Å². The molecule has 1 N–H and O–H groups in total. The van der Waals surface area contributed by atoms with Gasteiger partial charge in [-0.2, -0.15) is 12.7 Å². The lowest BCUT2D eigenvalue weighted by Gasteiger charge is -2.34. The van der Waals surface area contributed by atoms with Gasteiger partial charge in [-0.25, -0.2) is 8.70 Å². The van der Waals surface area contributed by atoms with Crippen LogP contribution in [0.25, 0.3) is 0 Å². The number of hydrogen-bond donors (Lipinski definition) is 1. The number of amides is 2. The van der Waals surface area contributed by atoms with Gasteiger partial charge in [-0.3, -0.25) is 9.59 Å². The monoisotopic (exact) mass is 586 g/mol. The number of hydrogen-bond acceptors (Lipinski definition) is 4. The third-order valence-electron chi connectivity index (χ3n) is 6.65. The topological polar surface area (TPSA) is 90.0 Å². The molecule has 8 nitrogen and oxygen atoms in total. The number of rotatable bonds is 10. The van der Waals surface area contributed by atoms with Crippen LogP contribution in [0.5, 0.6) is 0 Å². The van der Waals surface area contributed by atoms with E-state index >= 15 is 0 Å². The summed E-state index contributed by atoms with van der Waals surface area (Å²) < 4.78 is 42.7. The fraction of sp³-hybridized carbons (Fsp3) is 0.462. The van der Waals surface area contributed by atoms with Crippen LogP contribution in [0.3, 0.4) is 0 Å². The van der Waals surface area contributed by atoms with Crippen LogP contribution in [0.1, 0.15) is 44.6 Å². The summed E-state index contributed by atoms with van der Waals surface area (Å²) in [5, 5.41) is 3.60. The van der Waals surface area contributed by atoms with E-state index < -0.39 is 34.5 Å². The summed E-state index contributed by atoms with van der Waals surface area (Å²) in [6.07, 6.45) is 4.84. The van der Waals surface area contributed by atoms with Gasteiger partial charge in [0.2, 0.25) is 11.8 Å². The molecule has 1 atom stereocenters. The lowest BCUT2D eigenvalue weighted by molar-refractivity contribution is -0.139. The molecule has 0 unspecified atom stereocenters. The number of anilines is 1. The highest BCUT2D eigenvalue weighted by molar-refractivity contribution is 7.90. The van der Waals surface area contributed by atoms with Crippen LogP contribution in [0.15, 0.2) is 42.5 Å². The Morgan fingerprint density at radius 1 is 1.03 bits per heavy atom. The molecule has 0 aliphatic heterocycles. The zero-order valence-electron chi connectivity index (χ0n) is 21.7. The first-order chi connectivity index (χ1) is 17.9. The Balaban J connectivity index is 1.97. The van der Waals surface area contributed by atoms with Gasteiger partial charge in [0.25, 0.3) is 0 Å². The molecular weight excluding hydrogens is 554 g/mol. The Hall–Kier alpha value is -2.40. The first-order valence-corrected chi connectivity index (χ1v) is 14.6. The van der Waals surface area contributed by atoms with Gasteiger partial charge in [-0.1, -0.05) is 60.7 Å². The minimum absolute atomic E-state index is 0.00332.